The Morgan fingerprint density at radius 1 is 1.47 bits per heavy atom. The second-order valence-electron chi connectivity index (χ2n) is 4.93. The van der Waals surface area contributed by atoms with Crippen LogP contribution in [0.1, 0.15) is 24.0 Å². The monoisotopic (exact) mass is 231 g/mol. The summed E-state index contributed by atoms with van der Waals surface area (Å²) < 4.78 is 5.07. The van der Waals surface area contributed by atoms with Crippen molar-refractivity contribution in [3.63, 3.8) is 0 Å². The zero-order valence-electron chi connectivity index (χ0n) is 10.0. The molecule has 1 heterocycles. The molecule has 1 aliphatic heterocycles. The summed E-state index contributed by atoms with van der Waals surface area (Å²) in [6, 6.07) is 8.47. The van der Waals surface area contributed by atoms with Gasteiger partial charge in [-0.15, -0.1) is 0 Å². The van der Waals surface area contributed by atoms with Crippen molar-refractivity contribution in [3.05, 3.63) is 35.4 Å². The molecule has 3 rings (SSSR count). The van der Waals surface area contributed by atoms with Gasteiger partial charge >= 0.3 is 5.97 Å². The first-order valence-corrected chi connectivity index (χ1v) is 6.19. The third-order valence-electron chi connectivity index (χ3n) is 4.21. The molecule has 1 N–H and O–H groups in total. The van der Waals surface area contributed by atoms with Gasteiger partial charge in [-0.25, -0.2) is 0 Å². The minimum Gasteiger partial charge on any atom is -0.468 e. The maximum Gasteiger partial charge on any atom is 0.317 e. The van der Waals surface area contributed by atoms with Crippen LogP contribution in [0.4, 0.5) is 0 Å². The molecule has 1 saturated heterocycles. The second-order valence-corrected chi connectivity index (χ2v) is 4.93. The highest BCUT2D eigenvalue weighted by molar-refractivity contribution is 5.86. The molecule has 0 aromatic heterocycles. The number of hydrogen-bond acceptors (Lipinski definition) is 3. The van der Waals surface area contributed by atoms with Gasteiger partial charge in [0.15, 0.2) is 0 Å². The summed E-state index contributed by atoms with van der Waals surface area (Å²) in [6.07, 6.45) is 2.86. The fraction of sp³-hybridized carbons (Fsp3) is 0.500. The molecule has 1 aromatic rings. The average molecular weight is 231 g/mol. The van der Waals surface area contributed by atoms with E-state index in [1.54, 1.807) is 0 Å². The van der Waals surface area contributed by atoms with E-state index in [1.165, 1.54) is 18.2 Å². The Morgan fingerprint density at radius 2 is 2.29 bits per heavy atom. The van der Waals surface area contributed by atoms with Crippen molar-refractivity contribution in [1.82, 2.24) is 5.32 Å². The largest absolute Gasteiger partial charge is 0.468 e. The zero-order chi connectivity index (χ0) is 11.9. The Morgan fingerprint density at radius 3 is 3.12 bits per heavy atom. The first-order valence-electron chi connectivity index (χ1n) is 6.19. The van der Waals surface area contributed by atoms with E-state index in [4.69, 9.17) is 4.74 Å². The van der Waals surface area contributed by atoms with Crippen molar-refractivity contribution >= 4 is 5.97 Å². The molecule has 3 nitrogen and oxygen atoms in total. The van der Waals surface area contributed by atoms with E-state index in [9.17, 15) is 4.79 Å². The number of carbonyl (C=O) groups excluding carboxylic acids is 1. The van der Waals surface area contributed by atoms with Gasteiger partial charge in [0.1, 0.15) is 5.41 Å². The number of rotatable bonds is 1. The molecule has 2 unspecified atom stereocenters. The quantitative estimate of drug-likeness (QED) is 0.743. The van der Waals surface area contributed by atoms with Crippen LogP contribution in [0.25, 0.3) is 0 Å². The van der Waals surface area contributed by atoms with Crippen LogP contribution in [0.2, 0.25) is 0 Å². The normalized spacial score (nSPS) is 30.5. The molecule has 0 saturated carbocycles. The van der Waals surface area contributed by atoms with E-state index < -0.39 is 5.41 Å². The van der Waals surface area contributed by atoms with Crippen molar-refractivity contribution in [2.45, 2.75) is 30.7 Å². The number of piperidine rings is 1. The summed E-state index contributed by atoms with van der Waals surface area (Å²) in [5.74, 6) is -0.0837. The van der Waals surface area contributed by atoms with Crippen molar-refractivity contribution in [2.75, 3.05) is 13.7 Å². The van der Waals surface area contributed by atoms with E-state index >= 15 is 0 Å². The topological polar surface area (TPSA) is 38.3 Å². The van der Waals surface area contributed by atoms with Gasteiger partial charge in [-0.2, -0.15) is 0 Å². The molecule has 1 aliphatic carbocycles. The highest BCUT2D eigenvalue weighted by Crippen LogP contribution is 2.45. The first-order chi connectivity index (χ1) is 8.29. The Bertz CT molecular complexity index is 457. The molecule has 1 aromatic carbocycles. The Kier molecular flexibility index (Phi) is 2.44. The third-order valence-corrected chi connectivity index (χ3v) is 4.21. The number of fused-ring (bicyclic) bond motifs is 3. The molecule has 3 heteroatoms. The van der Waals surface area contributed by atoms with Crippen LogP contribution in [-0.4, -0.2) is 25.7 Å². The van der Waals surface area contributed by atoms with Gasteiger partial charge in [0, 0.05) is 6.04 Å². The van der Waals surface area contributed by atoms with Crippen LogP contribution < -0.4 is 5.32 Å². The van der Waals surface area contributed by atoms with Gasteiger partial charge in [-0.3, -0.25) is 4.79 Å². The van der Waals surface area contributed by atoms with Crippen LogP contribution in [0.15, 0.2) is 24.3 Å². The Labute approximate surface area is 101 Å². The second kappa shape index (κ2) is 3.84. The van der Waals surface area contributed by atoms with E-state index in [1.807, 2.05) is 12.1 Å². The number of esters is 1. The van der Waals surface area contributed by atoms with Crippen molar-refractivity contribution in [2.24, 2.45) is 0 Å². The SMILES string of the molecule is COC(=O)C12CCCNC1Cc1ccccc12. The minimum absolute atomic E-state index is 0.0837. The molecule has 0 spiro atoms. The van der Waals surface area contributed by atoms with Crippen LogP contribution in [0.3, 0.4) is 0 Å². The standard InChI is InChI=1S/C14H17NO2/c1-17-13(16)14-7-4-8-15-12(14)9-10-5-2-3-6-11(10)14/h2-3,5-6,12,15H,4,7-9H2,1H3. The van der Waals surface area contributed by atoms with E-state index in [-0.39, 0.29) is 12.0 Å². The van der Waals surface area contributed by atoms with Gasteiger partial charge in [0.25, 0.3) is 0 Å². The summed E-state index contributed by atoms with van der Waals surface area (Å²) in [7, 11) is 1.49. The number of nitrogens with one attached hydrogen (secondary N) is 1. The molecule has 2 atom stereocenters. The molecular weight excluding hydrogens is 214 g/mol. The minimum atomic E-state index is -0.441. The molecule has 2 aliphatic rings. The van der Waals surface area contributed by atoms with Gasteiger partial charge in [0.05, 0.1) is 7.11 Å². The fourth-order valence-electron chi connectivity index (χ4n) is 3.45. The smallest absolute Gasteiger partial charge is 0.317 e. The predicted octanol–water partition coefficient (Wildman–Crippen LogP) is 1.41. The summed E-state index contributed by atoms with van der Waals surface area (Å²) >= 11 is 0. The van der Waals surface area contributed by atoms with E-state index in [2.05, 4.69) is 17.4 Å². The number of benzene rings is 1. The summed E-state index contributed by atoms with van der Waals surface area (Å²) in [5, 5.41) is 3.48. The van der Waals surface area contributed by atoms with Gasteiger partial charge < -0.3 is 10.1 Å². The molecular formula is C14H17NO2. The lowest BCUT2D eigenvalue weighted by Gasteiger charge is -2.38. The maximum atomic E-state index is 12.3. The van der Waals surface area contributed by atoms with Gasteiger partial charge in [-0.05, 0) is 36.9 Å². The lowest BCUT2D eigenvalue weighted by atomic mass is 9.73. The third kappa shape index (κ3) is 1.35. The molecule has 0 radical (unpaired) electrons. The van der Waals surface area contributed by atoms with Crippen molar-refractivity contribution < 1.29 is 9.53 Å². The molecule has 1 fully saturated rings. The number of hydrogen-bond donors (Lipinski definition) is 1. The zero-order valence-corrected chi connectivity index (χ0v) is 10.0. The fourth-order valence-corrected chi connectivity index (χ4v) is 3.45. The lowest BCUT2D eigenvalue weighted by Crippen LogP contribution is -2.55. The predicted molar refractivity (Wildman–Crippen MR) is 64.9 cm³/mol. The number of carbonyl (C=O) groups is 1. The van der Waals surface area contributed by atoms with Crippen molar-refractivity contribution in [1.29, 1.82) is 0 Å². The Hall–Kier alpha value is -1.35. The van der Waals surface area contributed by atoms with Crippen LogP contribution in [-0.2, 0) is 21.4 Å². The average Bonchev–Trinajstić information content (AvgIpc) is 2.73. The summed E-state index contributed by atoms with van der Waals surface area (Å²) in [6.45, 7) is 0.997. The maximum absolute atomic E-state index is 12.3. The highest BCUT2D eigenvalue weighted by atomic mass is 16.5. The highest BCUT2D eigenvalue weighted by Gasteiger charge is 2.54. The van der Waals surface area contributed by atoms with E-state index in [0.717, 1.165) is 25.8 Å². The van der Waals surface area contributed by atoms with Gasteiger partial charge in [0.2, 0.25) is 0 Å². The van der Waals surface area contributed by atoms with Crippen LogP contribution in [0, 0.1) is 0 Å². The first kappa shape index (κ1) is 10.8. The summed E-state index contributed by atoms with van der Waals surface area (Å²) in [4.78, 5) is 12.3. The van der Waals surface area contributed by atoms with Gasteiger partial charge in [-0.1, -0.05) is 24.3 Å². The molecule has 0 bridgehead atoms. The van der Waals surface area contributed by atoms with Crippen LogP contribution >= 0.6 is 0 Å². The molecule has 90 valence electrons. The molecule has 0 amide bonds. The van der Waals surface area contributed by atoms with Crippen molar-refractivity contribution in [3.8, 4) is 0 Å². The Balaban J connectivity index is 2.14. The van der Waals surface area contributed by atoms with Crippen LogP contribution in [0.5, 0.6) is 0 Å². The van der Waals surface area contributed by atoms with E-state index in [0.29, 0.717) is 0 Å². The number of methoxy groups -OCH3 is 1. The number of ether oxygens (including phenoxy) is 1. The lowest BCUT2D eigenvalue weighted by molar-refractivity contribution is -0.149. The molecule has 17 heavy (non-hydrogen) atoms. The summed E-state index contributed by atoms with van der Waals surface area (Å²) in [5.41, 5.74) is 2.02.